The number of nitrogens with zero attached hydrogens (tertiary/aromatic N) is 1. The third kappa shape index (κ3) is 5.30. The first-order valence-electron chi connectivity index (χ1n) is 7.47. The predicted molar refractivity (Wildman–Crippen MR) is 90.7 cm³/mol. The van der Waals surface area contributed by atoms with Gasteiger partial charge in [-0.15, -0.1) is 0 Å². The number of methoxy groups -OCH3 is 1. The standard InChI is InChI=1S/C18H22N2O3/c1-20(12-13-23-16-9-4-3-5-10-16)18(21)19-17-11-7-6-8-15(17)14-22-2/h3-11H,12-14H2,1-2H3,(H,19,21). The summed E-state index contributed by atoms with van der Waals surface area (Å²) < 4.78 is 10.7. The highest BCUT2D eigenvalue weighted by molar-refractivity contribution is 5.89. The van der Waals surface area contributed by atoms with Crippen molar-refractivity contribution < 1.29 is 14.3 Å². The molecule has 0 spiro atoms. The Kier molecular flexibility index (Phi) is 6.44. The molecule has 0 aliphatic rings. The molecule has 0 bridgehead atoms. The van der Waals surface area contributed by atoms with Crippen LogP contribution in [0.4, 0.5) is 10.5 Å². The lowest BCUT2D eigenvalue weighted by Crippen LogP contribution is -2.34. The molecule has 0 radical (unpaired) electrons. The van der Waals surface area contributed by atoms with Crippen molar-refractivity contribution in [2.75, 3.05) is 32.6 Å². The van der Waals surface area contributed by atoms with Crippen LogP contribution in [0, 0.1) is 0 Å². The number of amides is 2. The van der Waals surface area contributed by atoms with Crippen molar-refractivity contribution in [3.05, 3.63) is 60.2 Å². The average Bonchev–Trinajstić information content (AvgIpc) is 2.57. The van der Waals surface area contributed by atoms with Crippen LogP contribution in [0.2, 0.25) is 0 Å². The molecule has 2 rings (SSSR count). The molecular formula is C18H22N2O3. The van der Waals surface area contributed by atoms with Crippen molar-refractivity contribution in [3.63, 3.8) is 0 Å². The fourth-order valence-electron chi connectivity index (χ4n) is 2.05. The Hall–Kier alpha value is -2.53. The lowest BCUT2D eigenvalue weighted by molar-refractivity contribution is 0.185. The largest absolute Gasteiger partial charge is 0.492 e. The summed E-state index contributed by atoms with van der Waals surface area (Å²) in [5.74, 6) is 0.798. The van der Waals surface area contributed by atoms with Gasteiger partial charge >= 0.3 is 6.03 Å². The molecule has 2 aromatic rings. The lowest BCUT2D eigenvalue weighted by atomic mass is 10.2. The number of benzene rings is 2. The zero-order valence-corrected chi connectivity index (χ0v) is 13.5. The zero-order chi connectivity index (χ0) is 16.5. The highest BCUT2D eigenvalue weighted by Gasteiger charge is 2.11. The maximum Gasteiger partial charge on any atom is 0.321 e. The van der Waals surface area contributed by atoms with Gasteiger partial charge in [-0.2, -0.15) is 0 Å². The van der Waals surface area contributed by atoms with Gasteiger partial charge in [0.05, 0.1) is 13.2 Å². The average molecular weight is 314 g/mol. The van der Waals surface area contributed by atoms with E-state index in [-0.39, 0.29) is 6.03 Å². The van der Waals surface area contributed by atoms with E-state index in [0.717, 1.165) is 17.0 Å². The van der Waals surface area contributed by atoms with Crippen LogP contribution in [0.15, 0.2) is 54.6 Å². The first-order chi connectivity index (χ1) is 11.2. The number of carbonyl (C=O) groups is 1. The molecular weight excluding hydrogens is 292 g/mol. The molecule has 0 aliphatic carbocycles. The lowest BCUT2D eigenvalue weighted by Gasteiger charge is -2.19. The molecule has 0 fully saturated rings. The normalized spacial score (nSPS) is 10.2. The van der Waals surface area contributed by atoms with Gasteiger partial charge < -0.3 is 19.7 Å². The van der Waals surface area contributed by atoms with Gasteiger partial charge in [-0.1, -0.05) is 36.4 Å². The second-order valence-electron chi connectivity index (χ2n) is 5.10. The smallest absolute Gasteiger partial charge is 0.321 e. The summed E-state index contributed by atoms with van der Waals surface area (Å²) in [6.07, 6.45) is 0. The molecule has 23 heavy (non-hydrogen) atoms. The van der Waals surface area contributed by atoms with Gasteiger partial charge in [-0.25, -0.2) is 4.79 Å². The second-order valence-corrected chi connectivity index (χ2v) is 5.10. The van der Waals surface area contributed by atoms with Gasteiger partial charge in [0.15, 0.2) is 0 Å². The molecule has 0 heterocycles. The van der Waals surface area contributed by atoms with Gasteiger partial charge in [0.2, 0.25) is 0 Å². The monoisotopic (exact) mass is 314 g/mol. The Morgan fingerprint density at radius 2 is 1.78 bits per heavy atom. The molecule has 0 aromatic heterocycles. The molecule has 0 saturated carbocycles. The summed E-state index contributed by atoms with van der Waals surface area (Å²) in [7, 11) is 3.37. The number of anilines is 1. The highest BCUT2D eigenvalue weighted by atomic mass is 16.5. The summed E-state index contributed by atoms with van der Waals surface area (Å²) in [4.78, 5) is 13.8. The predicted octanol–water partition coefficient (Wildman–Crippen LogP) is 3.38. The van der Waals surface area contributed by atoms with E-state index >= 15 is 0 Å². The number of likely N-dealkylation sites (N-methyl/N-ethyl adjacent to an activating group) is 1. The minimum atomic E-state index is -0.176. The number of hydrogen-bond acceptors (Lipinski definition) is 3. The number of rotatable bonds is 7. The quantitative estimate of drug-likeness (QED) is 0.852. The van der Waals surface area contributed by atoms with Crippen molar-refractivity contribution in [2.45, 2.75) is 6.61 Å². The Morgan fingerprint density at radius 3 is 2.52 bits per heavy atom. The van der Waals surface area contributed by atoms with Crippen LogP contribution in [-0.4, -0.2) is 38.2 Å². The summed E-state index contributed by atoms with van der Waals surface area (Å²) in [6, 6.07) is 17.0. The van der Waals surface area contributed by atoms with Gasteiger partial charge in [0.1, 0.15) is 12.4 Å². The minimum Gasteiger partial charge on any atom is -0.492 e. The summed E-state index contributed by atoms with van der Waals surface area (Å²) in [6.45, 7) is 1.39. The maximum absolute atomic E-state index is 12.2. The third-order valence-electron chi connectivity index (χ3n) is 3.34. The number of nitrogens with one attached hydrogen (secondary N) is 1. The molecule has 5 heteroatoms. The molecule has 0 saturated heterocycles. The van der Waals surface area contributed by atoms with Crippen molar-refractivity contribution in [3.8, 4) is 5.75 Å². The molecule has 2 aromatic carbocycles. The van der Waals surface area contributed by atoms with Crippen LogP contribution in [0.3, 0.4) is 0 Å². The van der Waals surface area contributed by atoms with Crippen LogP contribution >= 0.6 is 0 Å². The summed E-state index contributed by atoms with van der Waals surface area (Å²) >= 11 is 0. The van der Waals surface area contributed by atoms with E-state index in [2.05, 4.69) is 5.32 Å². The van der Waals surface area contributed by atoms with E-state index < -0.39 is 0 Å². The van der Waals surface area contributed by atoms with Crippen molar-refractivity contribution in [1.29, 1.82) is 0 Å². The molecule has 0 unspecified atom stereocenters. The summed E-state index contributed by atoms with van der Waals surface area (Å²) in [5, 5.41) is 2.90. The van der Waals surface area contributed by atoms with Crippen molar-refractivity contribution in [1.82, 2.24) is 4.90 Å². The Bertz CT molecular complexity index is 617. The molecule has 122 valence electrons. The first-order valence-corrected chi connectivity index (χ1v) is 7.47. The van der Waals surface area contributed by atoms with Crippen LogP contribution in [0.1, 0.15) is 5.56 Å². The topological polar surface area (TPSA) is 50.8 Å². The Balaban J connectivity index is 1.83. The van der Waals surface area contributed by atoms with Gasteiger partial charge in [-0.05, 0) is 18.2 Å². The Labute approximate surface area is 136 Å². The fraction of sp³-hybridized carbons (Fsp3) is 0.278. The number of para-hydroxylation sites is 2. The van der Waals surface area contributed by atoms with E-state index in [9.17, 15) is 4.79 Å². The van der Waals surface area contributed by atoms with E-state index in [1.54, 1.807) is 19.1 Å². The number of urea groups is 1. The number of ether oxygens (including phenoxy) is 2. The first kappa shape index (κ1) is 16.8. The minimum absolute atomic E-state index is 0.176. The summed E-state index contributed by atoms with van der Waals surface area (Å²) in [5.41, 5.74) is 1.70. The molecule has 1 N–H and O–H groups in total. The third-order valence-corrected chi connectivity index (χ3v) is 3.34. The zero-order valence-electron chi connectivity index (χ0n) is 13.5. The number of carbonyl (C=O) groups excluding carboxylic acids is 1. The van der Waals surface area contributed by atoms with E-state index in [1.165, 1.54) is 0 Å². The van der Waals surface area contributed by atoms with Crippen LogP contribution in [-0.2, 0) is 11.3 Å². The molecule has 2 amide bonds. The van der Waals surface area contributed by atoms with E-state index in [0.29, 0.717) is 19.8 Å². The van der Waals surface area contributed by atoms with Gasteiger partial charge in [0, 0.05) is 25.4 Å². The van der Waals surface area contributed by atoms with Gasteiger partial charge in [0.25, 0.3) is 0 Å². The number of hydrogen-bond donors (Lipinski definition) is 1. The molecule has 0 atom stereocenters. The van der Waals surface area contributed by atoms with Crippen LogP contribution < -0.4 is 10.1 Å². The van der Waals surface area contributed by atoms with Crippen molar-refractivity contribution >= 4 is 11.7 Å². The maximum atomic E-state index is 12.2. The van der Waals surface area contributed by atoms with Gasteiger partial charge in [-0.3, -0.25) is 0 Å². The SMILES string of the molecule is COCc1ccccc1NC(=O)N(C)CCOc1ccccc1. The molecule has 0 aliphatic heterocycles. The highest BCUT2D eigenvalue weighted by Crippen LogP contribution is 2.16. The van der Waals surface area contributed by atoms with Crippen molar-refractivity contribution in [2.24, 2.45) is 0 Å². The fourth-order valence-corrected chi connectivity index (χ4v) is 2.05. The van der Waals surface area contributed by atoms with Crippen LogP contribution in [0.25, 0.3) is 0 Å². The van der Waals surface area contributed by atoms with Crippen LogP contribution in [0.5, 0.6) is 5.75 Å². The second kappa shape index (κ2) is 8.80. The van der Waals surface area contributed by atoms with E-state index in [4.69, 9.17) is 9.47 Å². The molecule has 5 nitrogen and oxygen atoms in total. The van der Waals surface area contributed by atoms with E-state index in [1.807, 2.05) is 54.6 Å². The Morgan fingerprint density at radius 1 is 1.09 bits per heavy atom.